The smallest absolute Gasteiger partial charge is 0.145 e. The number of H-pyrrole nitrogens is 1. The number of pyridine rings is 2. The van der Waals surface area contributed by atoms with Gasteiger partial charge < -0.3 is 4.98 Å². The highest BCUT2D eigenvalue weighted by atomic mass is 15.0. The summed E-state index contributed by atoms with van der Waals surface area (Å²) < 4.78 is 2.29. The van der Waals surface area contributed by atoms with E-state index in [0.29, 0.717) is 0 Å². The van der Waals surface area contributed by atoms with E-state index in [2.05, 4.69) is 161 Å². The number of para-hydroxylation sites is 3. The van der Waals surface area contributed by atoms with Gasteiger partial charge in [-0.2, -0.15) is 0 Å². The fraction of sp³-hybridized carbons (Fsp3) is 0. The van der Waals surface area contributed by atoms with Crippen LogP contribution in [0.1, 0.15) is 0 Å². The normalized spacial score (nSPS) is 11.8. The van der Waals surface area contributed by atoms with Gasteiger partial charge in [0.2, 0.25) is 0 Å². The summed E-state index contributed by atoms with van der Waals surface area (Å²) in [6.07, 6.45) is 1.88. The molecule has 4 heteroatoms. The third kappa shape index (κ3) is 4.10. The maximum absolute atomic E-state index is 5.47. The van der Waals surface area contributed by atoms with Crippen LogP contribution in [0.5, 0.6) is 0 Å². The van der Waals surface area contributed by atoms with Crippen LogP contribution < -0.4 is 0 Å². The Bertz CT molecular complexity index is 2790. The van der Waals surface area contributed by atoms with Crippen LogP contribution in [-0.2, 0) is 0 Å². The van der Waals surface area contributed by atoms with E-state index in [0.717, 1.165) is 77.7 Å². The summed E-state index contributed by atoms with van der Waals surface area (Å²) >= 11 is 0. The van der Waals surface area contributed by atoms with E-state index in [-0.39, 0.29) is 0 Å². The Balaban J connectivity index is 1.27. The number of rotatable bonds is 4. The van der Waals surface area contributed by atoms with Crippen molar-refractivity contribution >= 4 is 54.5 Å². The van der Waals surface area contributed by atoms with E-state index < -0.39 is 0 Å². The average Bonchev–Trinajstić information content (AvgIpc) is 3.71. The van der Waals surface area contributed by atoms with E-state index in [1.54, 1.807) is 0 Å². The second-order valence-corrected chi connectivity index (χ2v) is 12.3. The molecule has 0 saturated carbocycles. The van der Waals surface area contributed by atoms with Gasteiger partial charge in [-0.25, -0.2) is 9.97 Å². The molecule has 0 aliphatic heterocycles. The minimum atomic E-state index is 0.922. The highest BCUT2D eigenvalue weighted by Crippen LogP contribution is 2.39. The number of fused-ring (bicyclic) bond motifs is 7. The molecule has 10 rings (SSSR count). The number of nitrogens with zero attached hydrogens (tertiary/aromatic N) is 3. The van der Waals surface area contributed by atoms with Crippen molar-refractivity contribution in [2.24, 2.45) is 0 Å². The van der Waals surface area contributed by atoms with Crippen LogP contribution in [0.2, 0.25) is 0 Å². The molecule has 0 saturated heterocycles. The predicted molar refractivity (Wildman–Crippen MR) is 200 cm³/mol. The third-order valence-electron chi connectivity index (χ3n) is 9.56. The molecule has 0 aliphatic carbocycles. The Morgan fingerprint density at radius 2 is 1.19 bits per heavy atom. The summed E-state index contributed by atoms with van der Waals surface area (Å²) in [5, 5.41) is 7.05. The number of aromatic amines is 1. The van der Waals surface area contributed by atoms with E-state index in [1.165, 1.54) is 16.2 Å². The van der Waals surface area contributed by atoms with Crippen molar-refractivity contribution in [3.05, 3.63) is 164 Å². The quantitative estimate of drug-likeness (QED) is 0.215. The summed E-state index contributed by atoms with van der Waals surface area (Å²) in [7, 11) is 0. The summed E-state index contributed by atoms with van der Waals surface area (Å²) in [6.45, 7) is 0. The summed E-state index contributed by atoms with van der Waals surface area (Å²) in [5.74, 6) is 0. The largest absolute Gasteiger partial charge is 0.354 e. The van der Waals surface area contributed by atoms with Crippen molar-refractivity contribution in [2.45, 2.75) is 0 Å². The van der Waals surface area contributed by atoms with Crippen molar-refractivity contribution in [1.29, 1.82) is 0 Å². The first-order chi connectivity index (χ1) is 23.8. The molecule has 0 amide bonds. The SMILES string of the molecule is c1ccc(-c2cc(-c3cc(-n4c5ccccc5c5cccnc54)cc4ccccc34)nc(-c3cccc4c3[nH]c3ccccc34)c2)cc1. The second kappa shape index (κ2) is 10.5. The van der Waals surface area contributed by atoms with Crippen molar-refractivity contribution in [2.75, 3.05) is 0 Å². The summed E-state index contributed by atoms with van der Waals surface area (Å²) in [6, 6.07) is 56.0. The van der Waals surface area contributed by atoms with Crippen molar-refractivity contribution in [3.63, 3.8) is 0 Å². The minimum absolute atomic E-state index is 0.922. The Kier molecular flexibility index (Phi) is 5.84. The number of nitrogens with one attached hydrogen (secondary N) is 1. The molecule has 10 aromatic rings. The van der Waals surface area contributed by atoms with Crippen LogP contribution in [0.25, 0.3) is 93.8 Å². The van der Waals surface area contributed by atoms with E-state index in [4.69, 9.17) is 9.97 Å². The molecule has 0 bridgehead atoms. The lowest BCUT2D eigenvalue weighted by Crippen LogP contribution is -1.98. The highest BCUT2D eigenvalue weighted by molar-refractivity contribution is 6.12. The van der Waals surface area contributed by atoms with Crippen molar-refractivity contribution in [3.8, 4) is 39.3 Å². The zero-order valence-corrected chi connectivity index (χ0v) is 25.9. The molecule has 0 radical (unpaired) electrons. The molecule has 0 spiro atoms. The number of aromatic nitrogens is 4. The minimum Gasteiger partial charge on any atom is -0.354 e. The molecule has 0 aliphatic rings. The molecule has 224 valence electrons. The molecule has 0 unspecified atom stereocenters. The molecule has 0 atom stereocenters. The van der Waals surface area contributed by atoms with Gasteiger partial charge in [-0.1, -0.05) is 109 Å². The van der Waals surface area contributed by atoms with Crippen LogP contribution in [0.15, 0.2) is 164 Å². The first kappa shape index (κ1) is 26.7. The van der Waals surface area contributed by atoms with Gasteiger partial charge >= 0.3 is 0 Å². The second-order valence-electron chi connectivity index (χ2n) is 12.3. The molecule has 6 aromatic carbocycles. The summed E-state index contributed by atoms with van der Waals surface area (Å²) in [4.78, 5) is 14.1. The maximum Gasteiger partial charge on any atom is 0.145 e. The van der Waals surface area contributed by atoms with Crippen molar-refractivity contribution < 1.29 is 0 Å². The van der Waals surface area contributed by atoms with Gasteiger partial charge in [-0.3, -0.25) is 4.57 Å². The monoisotopic (exact) mass is 612 g/mol. The maximum atomic E-state index is 5.47. The fourth-order valence-corrected chi connectivity index (χ4v) is 7.38. The van der Waals surface area contributed by atoms with Crippen LogP contribution in [0.3, 0.4) is 0 Å². The lowest BCUT2D eigenvalue weighted by Gasteiger charge is -2.15. The first-order valence-corrected chi connectivity index (χ1v) is 16.3. The summed E-state index contributed by atoms with van der Waals surface area (Å²) in [5.41, 5.74) is 11.6. The van der Waals surface area contributed by atoms with Gasteiger partial charge in [-0.05, 0) is 70.4 Å². The molecule has 1 N–H and O–H groups in total. The zero-order chi connectivity index (χ0) is 31.6. The lowest BCUT2D eigenvalue weighted by atomic mass is 9.96. The highest BCUT2D eigenvalue weighted by Gasteiger charge is 2.18. The van der Waals surface area contributed by atoms with Crippen LogP contribution in [0.4, 0.5) is 0 Å². The molecule has 0 fully saturated rings. The number of hydrogen-bond acceptors (Lipinski definition) is 2. The first-order valence-electron chi connectivity index (χ1n) is 16.3. The molecule has 4 nitrogen and oxygen atoms in total. The third-order valence-corrected chi connectivity index (χ3v) is 9.56. The molecular weight excluding hydrogens is 585 g/mol. The standard InChI is InChI=1S/C44H28N4/c1-2-12-28(13-3-1)30-25-40(37-19-10-18-35-33-16-6-8-21-39(33)47-43(35)37)46-41(26-30)38-27-31(24-29-14-4-5-15-32(29)38)48-42-22-9-7-17-34(42)36-20-11-23-45-44(36)48/h1-27,47H. The predicted octanol–water partition coefficient (Wildman–Crippen LogP) is 11.4. The van der Waals surface area contributed by atoms with Crippen LogP contribution in [-0.4, -0.2) is 19.5 Å². The van der Waals surface area contributed by atoms with E-state index in [1.807, 2.05) is 12.3 Å². The van der Waals surface area contributed by atoms with Crippen LogP contribution >= 0.6 is 0 Å². The molecule has 48 heavy (non-hydrogen) atoms. The number of hydrogen-bond donors (Lipinski definition) is 1. The lowest BCUT2D eigenvalue weighted by molar-refractivity contribution is 1.14. The Morgan fingerprint density at radius 1 is 0.479 bits per heavy atom. The van der Waals surface area contributed by atoms with Gasteiger partial charge in [0.1, 0.15) is 5.65 Å². The zero-order valence-electron chi connectivity index (χ0n) is 25.9. The Labute approximate surface area is 276 Å². The van der Waals surface area contributed by atoms with Gasteiger partial charge in [0.05, 0.1) is 22.4 Å². The van der Waals surface area contributed by atoms with E-state index in [9.17, 15) is 0 Å². The topological polar surface area (TPSA) is 46.5 Å². The molecular formula is C44H28N4. The molecule has 4 heterocycles. The van der Waals surface area contributed by atoms with Gasteiger partial charge in [0, 0.05) is 50.1 Å². The molecule has 4 aromatic heterocycles. The number of benzene rings is 6. The van der Waals surface area contributed by atoms with E-state index >= 15 is 0 Å². The average molecular weight is 613 g/mol. The van der Waals surface area contributed by atoms with Gasteiger partial charge in [0.25, 0.3) is 0 Å². The van der Waals surface area contributed by atoms with Gasteiger partial charge in [-0.15, -0.1) is 0 Å². The Morgan fingerprint density at radius 3 is 2.08 bits per heavy atom. The van der Waals surface area contributed by atoms with Gasteiger partial charge in [0.15, 0.2) is 0 Å². The fourth-order valence-electron chi connectivity index (χ4n) is 7.38. The van der Waals surface area contributed by atoms with Crippen molar-refractivity contribution in [1.82, 2.24) is 19.5 Å². The Hall–Kier alpha value is -6.52. The van der Waals surface area contributed by atoms with Crippen LogP contribution in [0, 0.1) is 0 Å².